The minimum Gasteiger partial charge on any atom is -0.465 e. The number of imide groups is 2. The molecule has 2 heterocycles. The molecule has 1 N–H and O–H groups in total. The lowest BCUT2D eigenvalue weighted by atomic mass is 9.93. The van der Waals surface area contributed by atoms with Crippen LogP contribution >= 0.6 is 0 Å². The van der Waals surface area contributed by atoms with Gasteiger partial charge in [-0.15, -0.1) is 0 Å². The molecule has 8 nitrogen and oxygen atoms in total. The first-order valence-corrected chi connectivity index (χ1v) is 11.5. The fraction of sp³-hybridized carbons (Fsp3) is 0.385. The number of barbiturate groups is 1. The lowest BCUT2D eigenvalue weighted by Gasteiger charge is -2.35. The largest absolute Gasteiger partial charge is 0.465 e. The van der Waals surface area contributed by atoms with Crippen molar-refractivity contribution in [3.05, 3.63) is 57.9 Å². The average molecular weight is 464 g/mol. The number of urea groups is 1. The predicted molar refractivity (Wildman–Crippen MR) is 127 cm³/mol. The van der Waals surface area contributed by atoms with E-state index in [1.807, 2.05) is 37.5 Å². The molecule has 1 aliphatic heterocycles. The fourth-order valence-electron chi connectivity index (χ4n) is 4.95. The van der Waals surface area contributed by atoms with Crippen molar-refractivity contribution in [3.63, 3.8) is 0 Å². The van der Waals surface area contributed by atoms with Gasteiger partial charge in [0.1, 0.15) is 5.57 Å². The zero-order chi connectivity index (χ0) is 24.6. The number of methoxy groups -OCH3 is 1. The summed E-state index contributed by atoms with van der Waals surface area (Å²) in [5.74, 6) is -1.62. The van der Waals surface area contributed by atoms with E-state index >= 15 is 0 Å². The maximum Gasteiger partial charge on any atom is 0.337 e. The van der Waals surface area contributed by atoms with Gasteiger partial charge in [0, 0.05) is 23.1 Å². The van der Waals surface area contributed by atoms with Crippen LogP contribution in [-0.2, 0) is 14.3 Å². The molecule has 2 aliphatic rings. The highest BCUT2D eigenvalue weighted by Gasteiger charge is 2.40. The molecule has 1 aromatic heterocycles. The first-order chi connectivity index (χ1) is 16.2. The van der Waals surface area contributed by atoms with Gasteiger partial charge in [0.05, 0.1) is 12.7 Å². The standard InChI is InChI=1S/C26H29N3O5/c1-15-12-18(25(32)34-4)10-11-22(15)28-16(2)13-19(17(28)3)14-21-23(30)27-26(33)29(24(21)31)20-8-6-5-7-9-20/h10-14,20H,5-9H2,1-4H3,(H,27,30,33). The Hall–Kier alpha value is -3.68. The van der Waals surface area contributed by atoms with Gasteiger partial charge < -0.3 is 9.30 Å². The van der Waals surface area contributed by atoms with Crippen LogP contribution in [0.1, 0.15) is 65.0 Å². The van der Waals surface area contributed by atoms with Gasteiger partial charge in [-0.25, -0.2) is 9.59 Å². The third-order valence-corrected chi connectivity index (χ3v) is 6.70. The minimum atomic E-state index is -0.675. The number of aryl methyl sites for hydroxylation is 2. The average Bonchev–Trinajstić information content (AvgIpc) is 3.09. The van der Waals surface area contributed by atoms with Crippen molar-refractivity contribution >= 4 is 29.9 Å². The van der Waals surface area contributed by atoms with Crippen LogP contribution in [0.2, 0.25) is 0 Å². The first-order valence-electron chi connectivity index (χ1n) is 11.5. The summed E-state index contributed by atoms with van der Waals surface area (Å²) in [7, 11) is 1.34. The van der Waals surface area contributed by atoms with Gasteiger partial charge in [-0.1, -0.05) is 19.3 Å². The predicted octanol–water partition coefficient (Wildman–Crippen LogP) is 3.98. The van der Waals surface area contributed by atoms with Gasteiger partial charge in [-0.05, 0) is 75.1 Å². The summed E-state index contributed by atoms with van der Waals surface area (Å²) in [4.78, 5) is 51.4. The number of hydrogen-bond donors (Lipinski definition) is 1. The van der Waals surface area contributed by atoms with Crippen LogP contribution in [0.4, 0.5) is 4.79 Å². The maximum atomic E-state index is 13.2. The van der Waals surface area contributed by atoms with Gasteiger partial charge in [0.15, 0.2) is 0 Å². The molecule has 34 heavy (non-hydrogen) atoms. The molecule has 2 fully saturated rings. The van der Waals surface area contributed by atoms with E-state index in [0.29, 0.717) is 11.1 Å². The number of esters is 1. The molecule has 1 saturated heterocycles. The fourth-order valence-corrected chi connectivity index (χ4v) is 4.95. The van der Waals surface area contributed by atoms with Crippen molar-refractivity contribution in [3.8, 4) is 5.69 Å². The van der Waals surface area contributed by atoms with Crippen LogP contribution in [0.3, 0.4) is 0 Å². The molecule has 4 amide bonds. The quantitative estimate of drug-likeness (QED) is 0.420. The molecule has 2 aromatic rings. The minimum absolute atomic E-state index is 0.0387. The third-order valence-electron chi connectivity index (χ3n) is 6.70. The first kappa shape index (κ1) is 23.5. The number of carbonyl (C=O) groups excluding carboxylic acids is 4. The Morgan fingerprint density at radius 3 is 2.41 bits per heavy atom. The van der Waals surface area contributed by atoms with E-state index in [4.69, 9.17) is 4.74 Å². The molecule has 0 bridgehead atoms. The van der Waals surface area contributed by atoms with Crippen LogP contribution in [0, 0.1) is 20.8 Å². The van der Waals surface area contributed by atoms with Crippen LogP contribution in [0.5, 0.6) is 0 Å². The van der Waals surface area contributed by atoms with E-state index in [0.717, 1.165) is 54.7 Å². The molecular weight excluding hydrogens is 434 g/mol. The molecule has 4 rings (SSSR count). The van der Waals surface area contributed by atoms with E-state index in [9.17, 15) is 19.2 Å². The van der Waals surface area contributed by atoms with Crippen molar-refractivity contribution in [1.82, 2.24) is 14.8 Å². The normalized spacial score (nSPS) is 18.4. The van der Waals surface area contributed by atoms with E-state index < -0.39 is 23.8 Å². The monoisotopic (exact) mass is 463 g/mol. The third kappa shape index (κ3) is 4.16. The molecule has 1 aliphatic carbocycles. The maximum absolute atomic E-state index is 13.2. The summed E-state index contributed by atoms with van der Waals surface area (Å²) in [6.07, 6.45) is 6.10. The van der Waals surface area contributed by atoms with Crippen LogP contribution in [0.15, 0.2) is 29.8 Å². The van der Waals surface area contributed by atoms with Crippen molar-refractivity contribution in [2.24, 2.45) is 0 Å². The molecule has 0 spiro atoms. The van der Waals surface area contributed by atoms with Gasteiger partial charge in [-0.3, -0.25) is 19.8 Å². The molecule has 0 radical (unpaired) electrons. The van der Waals surface area contributed by atoms with Crippen molar-refractivity contribution < 1.29 is 23.9 Å². The number of hydrogen-bond acceptors (Lipinski definition) is 5. The van der Waals surface area contributed by atoms with Crippen LogP contribution < -0.4 is 5.32 Å². The number of rotatable bonds is 4. The Labute approximate surface area is 198 Å². The number of nitrogens with zero attached hydrogens (tertiary/aromatic N) is 2. The topological polar surface area (TPSA) is 97.7 Å². The molecule has 0 atom stereocenters. The number of benzene rings is 1. The second kappa shape index (κ2) is 9.29. The summed E-state index contributed by atoms with van der Waals surface area (Å²) in [6.45, 7) is 5.75. The summed E-state index contributed by atoms with van der Waals surface area (Å²) in [5, 5.41) is 2.34. The van der Waals surface area contributed by atoms with E-state index in [1.165, 1.54) is 12.0 Å². The second-order valence-corrected chi connectivity index (χ2v) is 8.94. The summed E-state index contributed by atoms with van der Waals surface area (Å²) < 4.78 is 6.81. The number of amides is 4. The lowest BCUT2D eigenvalue weighted by Crippen LogP contribution is -2.58. The SMILES string of the molecule is COC(=O)c1ccc(-n2c(C)cc(C=C3C(=O)NC(=O)N(C4CCCCC4)C3=O)c2C)c(C)c1. The summed E-state index contributed by atoms with van der Waals surface area (Å²) >= 11 is 0. The zero-order valence-corrected chi connectivity index (χ0v) is 19.9. The van der Waals surface area contributed by atoms with Crippen LogP contribution in [0.25, 0.3) is 11.8 Å². The Morgan fingerprint density at radius 2 is 1.76 bits per heavy atom. The number of aromatic nitrogens is 1. The zero-order valence-electron chi connectivity index (χ0n) is 19.9. The van der Waals surface area contributed by atoms with E-state index in [2.05, 4.69) is 5.32 Å². The van der Waals surface area contributed by atoms with Crippen molar-refractivity contribution in [2.45, 2.75) is 58.9 Å². The van der Waals surface area contributed by atoms with Crippen molar-refractivity contribution in [1.29, 1.82) is 0 Å². The highest BCUT2D eigenvalue weighted by molar-refractivity contribution is 6.31. The Morgan fingerprint density at radius 1 is 1.06 bits per heavy atom. The number of carbonyl (C=O) groups is 4. The van der Waals surface area contributed by atoms with Gasteiger partial charge in [0.2, 0.25) is 0 Å². The van der Waals surface area contributed by atoms with Gasteiger partial charge >= 0.3 is 12.0 Å². The van der Waals surface area contributed by atoms with Crippen molar-refractivity contribution in [2.75, 3.05) is 7.11 Å². The molecule has 8 heteroatoms. The summed E-state index contributed by atoms with van der Waals surface area (Å²) in [6, 6.07) is 6.41. The lowest BCUT2D eigenvalue weighted by molar-refractivity contribution is -0.132. The molecule has 1 saturated carbocycles. The van der Waals surface area contributed by atoms with E-state index in [1.54, 1.807) is 18.2 Å². The highest BCUT2D eigenvalue weighted by Crippen LogP contribution is 2.29. The Kier molecular flexibility index (Phi) is 6.41. The molecule has 0 unspecified atom stereocenters. The second-order valence-electron chi connectivity index (χ2n) is 8.94. The van der Waals surface area contributed by atoms with E-state index in [-0.39, 0.29) is 11.6 Å². The number of nitrogens with one attached hydrogen (secondary N) is 1. The van der Waals surface area contributed by atoms with Crippen LogP contribution in [-0.4, -0.2) is 46.4 Å². The molecule has 1 aromatic carbocycles. The van der Waals surface area contributed by atoms with Gasteiger partial charge in [0.25, 0.3) is 11.8 Å². The smallest absolute Gasteiger partial charge is 0.337 e. The summed E-state index contributed by atoms with van der Waals surface area (Å²) in [5.41, 5.74) is 4.64. The molecule has 178 valence electrons. The Bertz CT molecular complexity index is 1220. The molecular formula is C26H29N3O5. The number of ether oxygens (including phenoxy) is 1. The van der Waals surface area contributed by atoms with Gasteiger partial charge in [-0.2, -0.15) is 0 Å². The highest BCUT2D eigenvalue weighted by atomic mass is 16.5. The Balaban J connectivity index is 1.71.